The number of aliphatic hydroxyl groups excluding tert-OH is 1. The number of phenols is 7. The van der Waals surface area contributed by atoms with Crippen LogP contribution in [0.5, 0.6) is 40.2 Å². The summed E-state index contributed by atoms with van der Waals surface area (Å²) >= 11 is 18.6. The Morgan fingerprint density at radius 3 is 1.22 bits per heavy atom. The Balaban J connectivity index is 0.000000267. The summed E-state index contributed by atoms with van der Waals surface area (Å²) in [5.74, 6) is -7.01. The summed E-state index contributed by atoms with van der Waals surface area (Å²) in [6, 6.07) is 9.10. The molecule has 0 amide bonds. The van der Waals surface area contributed by atoms with Gasteiger partial charge in [0, 0.05) is 123 Å². The summed E-state index contributed by atoms with van der Waals surface area (Å²) in [7, 11) is 4.26. The van der Waals surface area contributed by atoms with Gasteiger partial charge in [-0.05, 0) is 178 Å². The fourth-order valence-corrected chi connectivity index (χ4v) is 15.1. The highest BCUT2D eigenvalue weighted by Crippen LogP contribution is 2.41. The first-order valence-corrected chi connectivity index (χ1v) is 46.5. The van der Waals surface area contributed by atoms with Crippen molar-refractivity contribution in [2.45, 2.75) is 239 Å². The van der Waals surface area contributed by atoms with Crippen LogP contribution in [0.1, 0.15) is 240 Å². The number of methoxy groups -OCH3 is 2. The molecule has 0 aliphatic carbocycles. The summed E-state index contributed by atoms with van der Waals surface area (Å²) < 4.78 is 36.7. The first kappa shape index (κ1) is 115. The van der Waals surface area contributed by atoms with E-state index in [1.807, 2.05) is 99.7 Å². The third kappa shape index (κ3) is 39.9. The summed E-state index contributed by atoms with van der Waals surface area (Å²) in [6.07, 6.45) is 39.3. The smallest absolute Gasteiger partial charge is 0.346 e. The molecule has 5 aliphatic heterocycles. The number of Topliss-reactive ketones (excluding diaryl/α,β-unsaturated/α-hetero) is 2. The molecule has 139 heavy (non-hydrogen) atoms. The molecule has 5 aromatic rings. The summed E-state index contributed by atoms with van der Waals surface area (Å²) in [6.45, 7) is 21.2. The number of phenolic OH excluding ortho intramolecular Hbond substituents is 7. The van der Waals surface area contributed by atoms with E-state index >= 15 is 0 Å². The van der Waals surface area contributed by atoms with Crippen molar-refractivity contribution in [2.24, 2.45) is 10.3 Å². The number of oxime groups is 2. The van der Waals surface area contributed by atoms with E-state index < -0.39 is 70.8 Å². The molecule has 5 heterocycles. The lowest BCUT2D eigenvalue weighted by Gasteiger charge is -2.20. The number of allylic oxidation sites excluding steroid dienone is 11. The maximum Gasteiger partial charge on any atom is 0.346 e. The third-order valence-electron chi connectivity index (χ3n) is 21.3. The van der Waals surface area contributed by atoms with Crippen LogP contribution in [0.25, 0.3) is 0 Å². The van der Waals surface area contributed by atoms with E-state index in [9.17, 15) is 78.9 Å². The van der Waals surface area contributed by atoms with Crippen LogP contribution in [0.3, 0.4) is 0 Å². The minimum absolute atomic E-state index is 0.00683. The van der Waals surface area contributed by atoms with Crippen LogP contribution >= 0.6 is 34.8 Å². The number of fused-ring (bicyclic) bond motifs is 5. The van der Waals surface area contributed by atoms with Crippen molar-refractivity contribution in [1.82, 2.24) is 11.0 Å². The number of hydroxylamine groups is 2. The second kappa shape index (κ2) is 60.1. The van der Waals surface area contributed by atoms with Crippen molar-refractivity contribution in [2.75, 3.05) is 41.2 Å². The van der Waals surface area contributed by atoms with Crippen LogP contribution < -0.4 is 11.0 Å². The van der Waals surface area contributed by atoms with Crippen LogP contribution in [-0.4, -0.2) is 189 Å². The van der Waals surface area contributed by atoms with Crippen molar-refractivity contribution in [3.05, 3.63) is 252 Å². The van der Waals surface area contributed by atoms with Gasteiger partial charge in [0.05, 0.1) is 41.3 Å². The topological polar surface area (TPSA) is 466 Å². The second-order valence-electron chi connectivity index (χ2n) is 33.4. The van der Waals surface area contributed by atoms with Gasteiger partial charge < -0.3 is 83.7 Å². The maximum absolute atomic E-state index is 12.8. The largest absolute Gasteiger partial charge is 0.510 e. The lowest BCUT2D eigenvalue weighted by atomic mass is 9.95. The number of hydrogen-bond donors (Lipinski definition) is 10. The first-order chi connectivity index (χ1) is 66.2. The van der Waals surface area contributed by atoms with Crippen molar-refractivity contribution in [3.63, 3.8) is 0 Å². The maximum atomic E-state index is 12.8. The van der Waals surface area contributed by atoms with Crippen LogP contribution in [0.15, 0.2) is 175 Å². The fourth-order valence-electron chi connectivity index (χ4n) is 14.5. The number of aromatic hydroxyl groups is 7. The van der Waals surface area contributed by atoms with Gasteiger partial charge in [0.2, 0.25) is 6.61 Å². The lowest BCUT2D eigenvalue weighted by Crippen LogP contribution is -2.33. The number of rotatable bonds is 13. The number of carbonyl (C=O) groups excluding carboxylic acids is 9. The van der Waals surface area contributed by atoms with E-state index in [-0.39, 0.29) is 173 Å². The highest BCUT2D eigenvalue weighted by molar-refractivity contribution is 6.34. The van der Waals surface area contributed by atoms with Gasteiger partial charge in [0.1, 0.15) is 136 Å². The van der Waals surface area contributed by atoms with Gasteiger partial charge in [-0.2, -0.15) is 11.0 Å². The number of hydrogen-bond acceptors (Lipinski definition) is 32. The summed E-state index contributed by atoms with van der Waals surface area (Å²) in [5, 5.41) is 87.9. The van der Waals surface area contributed by atoms with Gasteiger partial charge in [0.25, 0.3) is 0 Å². The minimum atomic E-state index is -0.824. The zero-order valence-electron chi connectivity index (χ0n) is 80.2. The SMILES string of the molecule is C=C(CONC1CC/C=C/CC(C)OC(=O)c2c(O)cc(O)c(Cl)c2CC(=O)C1)OC.C=C(O)CONC1CC/C=C/CC(C)OC(=O)c2c(O)cc(O)c(Cl)c2CC(=O)C1.COC(=O)CO/N=C1\C=C\CC/C=C/CC(C)OC(=O)c2c(O)cc(O)cc2C1.CON=C1/C=C/CC/C=C/CC(C)OC(=O)c2c(C)cc(C)cc2C1.Cc1cc(O)c2c(c1Cl)CC(=O)/C=C/CC/C=C/C[C@@H](C)OC2=O. The van der Waals surface area contributed by atoms with Gasteiger partial charge in [-0.1, -0.05) is 155 Å². The molecule has 32 nitrogen and oxygen atoms in total. The predicted octanol–water partition coefficient (Wildman–Crippen LogP) is 19.1. The number of benzene rings is 5. The van der Waals surface area contributed by atoms with Crippen molar-refractivity contribution >= 4 is 99.4 Å². The number of halogens is 3. The fraction of sp³-hybridized carbons (Fsp3) is 0.413. The van der Waals surface area contributed by atoms with E-state index in [0.717, 1.165) is 85.5 Å². The van der Waals surface area contributed by atoms with E-state index in [0.29, 0.717) is 96.5 Å². The number of cyclic esters (lactones) is 5. The molecule has 752 valence electrons. The Labute approximate surface area is 824 Å². The normalized spacial score (nSPS) is 22.0. The Morgan fingerprint density at radius 2 is 0.791 bits per heavy atom. The number of aryl methyl sites for hydroxylation is 3. The lowest BCUT2D eigenvalue weighted by molar-refractivity contribution is -0.145. The van der Waals surface area contributed by atoms with Crippen molar-refractivity contribution < 1.29 is 137 Å². The molecule has 0 aromatic heterocycles. The molecule has 7 atom stereocenters. The minimum Gasteiger partial charge on any atom is -0.510 e. The van der Waals surface area contributed by atoms with Gasteiger partial charge in [-0.25, -0.2) is 28.8 Å². The molecule has 0 saturated heterocycles. The zero-order chi connectivity index (χ0) is 102. The second-order valence-corrected chi connectivity index (χ2v) is 34.6. The Hall–Kier alpha value is -12.8. The summed E-state index contributed by atoms with van der Waals surface area (Å²) in [5.41, 5.74) is 11.1. The van der Waals surface area contributed by atoms with E-state index in [1.165, 1.54) is 39.5 Å². The number of esters is 6. The number of nitrogens with zero attached hydrogens (tertiary/aromatic N) is 2. The molecule has 0 saturated carbocycles. The number of nitrogens with one attached hydrogen (secondary N) is 2. The molecule has 5 aromatic carbocycles. The standard InChI is InChI=1S/C22H28ClNO7.C21H26ClNO7.C21H25NO7.C21H27NO3.C19H21ClO4/c1-13-7-5-4-6-8-15(24-30-12-14(2)29-3)9-16(25)10-17-20(22(28)31-13)18(26)11-19(27)21(17)23;1-12(24)11-29-23-14-7-5-3-4-6-13(2)30-21(28)19-16(9-15(25)8-14)20(22)18(27)10-17(19)26;1-14-8-6-4-3-5-7-9-16(22-28-13-19(25)27-2)10-15-11-17(23)12-18(24)20(15)21(26)29-14;1-15-12-16(2)20-18(13-15)14-19(22-24-4)11-9-7-5-6-8-10-17(3)25-21(20)23;1-12-10-16(22)17-15(18(12)20)11-14(21)9-7-5-3-4-6-8-13(2)24-19(17)23/h4-5,11,13,15,24,26-27H,2,6-10,12H2,1,3H3;3-4,10,13-14,23-24,26-27H,1,5-9,11H2,2H3;4,6-7,9,11-12,14,23-24H,3,5,8,10,13H2,1-2H3;6,8-9,11-13,17H,5,7,10,14H2,1-4H3;4,6-7,9-10,13,22H,3,5,8,11H2,1-2H3/b5-4+;4-3+;6-4+,9-7+,22-16+;8-6+,11-9+,22-19?;6-4+,9-7+/t;;;;13-/m....1/s1. The van der Waals surface area contributed by atoms with Crippen molar-refractivity contribution in [3.8, 4) is 40.2 Å². The highest BCUT2D eigenvalue weighted by atomic mass is 35.5. The third-order valence-corrected chi connectivity index (χ3v) is 22.7. The molecule has 0 radical (unpaired) electrons. The van der Waals surface area contributed by atoms with E-state index in [1.54, 1.807) is 40.7 Å². The molecule has 6 unspecified atom stereocenters. The number of ketones is 3. The monoisotopic (exact) mass is 1980 g/mol. The number of aliphatic hydroxyl groups is 1. The average Bonchev–Trinajstić information content (AvgIpc) is 0.797. The molecular formula is C104H127Cl3N4O28. The molecule has 0 bridgehead atoms. The number of ether oxygens (including phenoxy) is 7. The Morgan fingerprint density at radius 1 is 0.410 bits per heavy atom. The van der Waals surface area contributed by atoms with Crippen molar-refractivity contribution in [1.29, 1.82) is 0 Å². The number of carbonyl (C=O) groups is 9. The molecule has 0 fully saturated rings. The van der Waals surface area contributed by atoms with E-state index in [2.05, 4.69) is 57.4 Å². The van der Waals surface area contributed by atoms with Gasteiger partial charge in [0.15, 0.2) is 5.78 Å². The molecular weight excluding hydrogens is 1860 g/mol. The van der Waals surface area contributed by atoms with Crippen LogP contribution in [0.4, 0.5) is 0 Å². The molecule has 5 aliphatic rings. The quantitative estimate of drug-likeness (QED) is 0.0172. The molecule has 0 spiro atoms. The Bertz CT molecular complexity index is 5450. The van der Waals surface area contributed by atoms with Gasteiger partial charge >= 0.3 is 35.8 Å². The van der Waals surface area contributed by atoms with E-state index in [4.69, 9.17) is 87.7 Å². The van der Waals surface area contributed by atoms with Crippen LogP contribution in [0, 0.1) is 20.8 Å². The highest BCUT2D eigenvalue weighted by Gasteiger charge is 2.32. The average molecular weight is 1990 g/mol. The predicted molar refractivity (Wildman–Crippen MR) is 526 cm³/mol. The summed E-state index contributed by atoms with van der Waals surface area (Å²) in [4.78, 5) is 133. The zero-order valence-corrected chi connectivity index (χ0v) is 82.5. The first-order valence-electron chi connectivity index (χ1n) is 45.4. The molecule has 35 heteroatoms. The van der Waals surface area contributed by atoms with Gasteiger partial charge in [-0.3, -0.25) is 24.1 Å². The van der Waals surface area contributed by atoms with Gasteiger partial charge in [-0.15, -0.1) is 0 Å². The van der Waals surface area contributed by atoms with Crippen LogP contribution in [0.2, 0.25) is 15.1 Å². The molecule has 10 N–H and O–H groups in total. The molecule has 10 rings (SSSR count). The Kier molecular flexibility index (Phi) is 49.7. The van der Waals surface area contributed by atoms with Crippen LogP contribution in [-0.2, 0) is 104 Å².